The fourth-order valence-corrected chi connectivity index (χ4v) is 3.55. The van der Waals surface area contributed by atoms with E-state index in [2.05, 4.69) is 34.4 Å². The monoisotopic (exact) mass is 327 g/mol. The van der Waals surface area contributed by atoms with Crippen LogP contribution in [-0.4, -0.2) is 38.6 Å². The fraction of sp³-hybridized carbons (Fsp3) is 0.474. The van der Waals surface area contributed by atoms with Gasteiger partial charge in [0.15, 0.2) is 0 Å². The third-order valence-corrected chi connectivity index (χ3v) is 4.80. The zero-order valence-electron chi connectivity index (χ0n) is 14.4. The lowest BCUT2D eigenvalue weighted by Crippen LogP contribution is -2.34. The molecule has 5 heteroatoms. The van der Waals surface area contributed by atoms with Gasteiger partial charge < -0.3 is 9.67 Å². The summed E-state index contributed by atoms with van der Waals surface area (Å²) in [5, 5.41) is 9.19. The van der Waals surface area contributed by atoms with E-state index in [1.807, 2.05) is 24.7 Å². The molecule has 1 N–H and O–H groups in total. The first-order chi connectivity index (χ1) is 11.5. The standard InChI is InChI=1S/C19H25N3O2/c1-14(2)22-13-20-10-18(22)12-21-8-4-7-17(11-21)15-5-3-6-16(9-15)19(23)24/h3,5-6,9-10,13-14,17H,4,7-8,11-12H2,1-2H3,(H,23,24). The van der Waals surface area contributed by atoms with Crippen LogP contribution in [0, 0.1) is 0 Å². The van der Waals surface area contributed by atoms with Crippen molar-refractivity contribution in [3.63, 3.8) is 0 Å². The molecule has 24 heavy (non-hydrogen) atoms. The molecule has 1 aromatic heterocycles. The molecule has 1 aromatic carbocycles. The van der Waals surface area contributed by atoms with Gasteiger partial charge in [0.05, 0.1) is 17.6 Å². The van der Waals surface area contributed by atoms with Crippen molar-refractivity contribution in [3.8, 4) is 0 Å². The van der Waals surface area contributed by atoms with E-state index in [4.69, 9.17) is 0 Å². The molecule has 2 heterocycles. The lowest BCUT2D eigenvalue weighted by Gasteiger charge is -2.33. The molecule has 1 aliphatic rings. The van der Waals surface area contributed by atoms with E-state index < -0.39 is 5.97 Å². The van der Waals surface area contributed by atoms with Gasteiger partial charge in [-0.2, -0.15) is 0 Å². The maximum atomic E-state index is 11.2. The van der Waals surface area contributed by atoms with Gasteiger partial charge in [-0.25, -0.2) is 9.78 Å². The number of carboxylic acids is 1. The molecule has 5 nitrogen and oxygen atoms in total. The minimum Gasteiger partial charge on any atom is -0.478 e. The molecule has 0 aliphatic carbocycles. The van der Waals surface area contributed by atoms with Crippen LogP contribution in [0.15, 0.2) is 36.8 Å². The predicted molar refractivity (Wildman–Crippen MR) is 93.3 cm³/mol. The van der Waals surface area contributed by atoms with Crippen molar-refractivity contribution in [2.75, 3.05) is 13.1 Å². The topological polar surface area (TPSA) is 58.4 Å². The highest BCUT2D eigenvalue weighted by atomic mass is 16.4. The number of aromatic carboxylic acids is 1. The van der Waals surface area contributed by atoms with E-state index in [0.29, 0.717) is 17.5 Å². The first-order valence-corrected chi connectivity index (χ1v) is 8.61. The van der Waals surface area contributed by atoms with Crippen molar-refractivity contribution in [3.05, 3.63) is 53.6 Å². The second-order valence-corrected chi connectivity index (χ2v) is 6.89. The summed E-state index contributed by atoms with van der Waals surface area (Å²) in [4.78, 5) is 17.9. The van der Waals surface area contributed by atoms with Crippen molar-refractivity contribution in [1.82, 2.24) is 14.5 Å². The highest BCUT2D eigenvalue weighted by molar-refractivity contribution is 5.87. The van der Waals surface area contributed by atoms with Gasteiger partial charge in [-0.1, -0.05) is 12.1 Å². The lowest BCUT2D eigenvalue weighted by atomic mass is 9.89. The molecule has 0 amide bonds. The van der Waals surface area contributed by atoms with E-state index in [0.717, 1.165) is 38.0 Å². The van der Waals surface area contributed by atoms with Crippen LogP contribution in [-0.2, 0) is 6.54 Å². The van der Waals surface area contributed by atoms with Crippen LogP contribution in [0.4, 0.5) is 0 Å². The van der Waals surface area contributed by atoms with Gasteiger partial charge >= 0.3 is 5.97 Å². The third-order valence-electron chi connectivity index (χ3n) is 4.80. The van der Waals surface area contributed by atoms with Gasteiger partial charge in [-0.15, -0.1) is 0 Å². The molecular formula is C19H25N3O2. The fourth-order valence-electron chi connectivity index (χ4n) is 3.55. The van der Waals surface area contributed by atoms with Gasteiger partial charge in [0.2, 0.25) is 0 Å². The van der Waals surface area contributed by atoms with Crippen LogP contribution in [0.2, 0.25) is 0 Å². The molecule has 1 saturated heterocycles. The zero-order valence-corrected chi connectivity index (χ0v) is 14.4. The van der Waals surface area contributed by atoms with Gasteiger partial charge in [-0.05, 0) is 56.8 Å². The smallest absolute Gasteiger partial charge is 0.335 e. The molecule has 0 spiro atoms. The maximum Gasteiger partial charge on any atom is 0.335 e. The number of likely N-dealkylation sites (tertiary alicyclic amines) is 1. The molecule has 3 rings (SSSR count). The SMILES string of the molecule is CC(C)n1cncc1CN1CCCC(c2cccc(C(=O)O)c2)C1. The number of carbonyl (C=O) groups is 1. The molecule has 0 radical (unpaired) electrons. The normalized spacial score (nSPS) is 18.9. The van der Waals surface area contributed by atoms with Crippen molar-refractivity contribution >= 4 is 5.97 Å². The number of benzene rings is 1. The lowest BCUT2D eigenvalue weighted by molar-refractivity contribution is 0.0696. The second kappa shape index (κ2) is 7.18. The minimum absolute atomic E-state index is 0.377. The Kier molecular flexibility index (Phi) is 5.00. The van der Waals surface area contributed by atoms with E-state index in [1.165, 1.54) is 5.69 Å². The van der Waals surface area contributed by atoms with Crippen LogP contribution in [0.25, 0.3) is 0 Å². The number of aromatic nitrogens is 2. The molecule has 0 bridgehead atoms. The van der Waals surface area contributed by atoms with E-state index >= 15 is 0 Å². The molecule has 1 fully saturated rings. The van der Waals surface area contributed by atoms with Crippen LogP contribution in [0.3, 0.4) is 0 Å². The molecule has 128 valence electrons. The quantitative estimate of drug-likeness (QED) is 0.912. The Bertz CT molecular complexity index is 708. The number of carboxylic acid groups (broad SMARTS) is 1. The zero-order chi connectivity index (χ0) is 17.1. The minimum atomic E-state index is -0.856. The highest BCUT2D eigenvalue weighted by Gasteiger charge is 2.23. The van der Waals surface area contributed by atoms with E-state index in [9.17, 15) is 9.90 Å². The van der Waals surface area contributed by atoms with Crippen LogP contribution < -0.4 is 0 Å². The number of piperidine rings is 1. The Hall–Kier alpha value is -2.14. The molecular weight excluding hydrogens is 302 g/mol. The van der Waals surface area contributed by atoms with Crippen molar-refractivity contribution in [1.29, 1.82) is 0 Å². The number of rotatable bonds is 5. The Morgan fingerprint density at radius 3 is 3.00 bits per heavy atom. The molecule has 1 unspecified atom stereocenters. The largest absolute Gasteiger partial charge is 0.478 e. The first-order valence-electron chi connectivity index (χ1n) is 8.61. The Morgan fingerprint density at radius 2 is 2.25 bits per heavy atom. The Morgan fingerprint density at radius 1 is 1.42 bits per heavy atom. The van der Waals surface area contributed by atoms with E-state index in [1.54, 1.807) is 6.07 Å². The van der Waals surface area contributed by atoms with Crippen LogP contribution in [0.1, 0.15) is 60.3 Å². The summed E-state index contributed by atoms with van der Waals surface area (Å²) < 4.78 is 2.22. The second-order valence-electron chi connectivity index (χ2n) is 6.89. The van der Waals surface area contributed by atoms with Gasteiger partial charge in [0.25, 0.3) is 0 Å². The van der Waals surface area contributed by atoms with Crippen molar-refractivity contribution in [2.24, 2.45) is 0 Å². The molecule has 0 saturated carbocycles. The van der Waals surface area contributed by atoms with Crippen molar-refractivity contribution in [2.45, 2.75) is 45.2 Å². The Balaban J connectivity index is 1.71. The predicted octanol–water partition coefficient (Wildman–Crippen LogP) is 3.54. The summed E-state index contributed by atoms with van der Waals surface area (Å²) in [7, 11) is 0. The summed E-state index contributed by atoms with van der Waals surface area (Å²) in [6, 6.07) is 7.81. The molecule has 1 atom stereocenters. The van der Waals surface area contributed by atoms with Crippen LogP contribution >= 0.6 is 0 Å². The molecule has 1 aliphatic heterocycles. The number of hydrogen-bond acceptors (Lipinski definition) is 3. The summed E-state index contributed by atoms with van der Waals surface area (Å²) in [5.74, 6) is -0.459. The third kappa shape index (κ3) is 3.67. The summed E-state index contributed by atoms with van der Waals surface area (Å²) in [5.41, 5.74) is 2.75. The summed E-state index contributed by atoms with van der Waals surface area (Å²) >= 11 is 0. The maximum absolute atomic E-state index is 11.2. The van der Waals surface area contributed by atoms with Gasteiger partial charge in [0, 0.05) is 25.3 Å². The number of imidazole rings is 1. The van der Waals surface area contributed by atoms with Gasteiger partial charge in [0.1, 0.15) is 0 Å². The average molecular weight is 327 g/mol. The van der Waals surface area contributed by atoms with Crippen molar-refractivity contribution < 1.29 is 9.90 Å². The Labute approximate surface area is 142 Å². The summed E-state index contributed by atoms with van der Waals surface area (Å²) in [6.07, 6.45) is 6.10. The van der Waals surface area contributed by atoms with Gasteiger partial charge in [-0.3, -0.25) is 4.90 Å². The highest BCUT2D eigenvalue weighted by Crippen LogP contribution is 2.28. The van der Waals surface area contributed by atoms with E-state index in [-0.39, 0.29) is 0 Å². The van der Waals surface area contributed by atoms with Crippen LogP contribution in [0.5, 0.6) is 0 Å². The number of hydrogen-bond donors (Lipinski definition) is 1. The average Bonchev–Trinajstić information content (AvgIpc) is 3.03. The number of nitrogens with zero attached hydrogens (tertiary/aromatic N) is 3. The first kappa shape index (κ1) is 16.7. The summed E-state index contributed by atoms with van der Waals surface area (Å²) in [6.45, 7) is 7.28. The molecule has 2 aromatic rings.